The highest BCUT2D eigenvalue weighted by molar-refractivity contribution is 6.31. The van der Waals surface area contributed by atoms with Crippen LogP contribution in [0.25, 0.3) is 6.08 Å². The smallest absolute Gasteiger partial charge is 0.417 e. The summed E-state index contributed by atoms with van der Waals surface area (Å²) in [5.41, 5.74) is 1.62. The average molecular weight is 412 g/mol. The number of rotatable bonds is 5. The Labute approximate surface area is 165 Å². The molecule has 2 aromatic carbocycles. The number of ether oxygens (including phenoxy) is 1. The van der Waals surface area contributed by atoms with Crippen molar-refractivity contribution in [1.82, 2.24) is 0 Å². The molecule has 0 spiro atoms. The molecule has 0 saturated carbocycles. The third-order valence-corrected chi connectivity index (χ3v) is 4.04. The number of hydrogen-bond acceptors (Lipinski definition) is 3. The van der Waals surface area contributed by atoms with Gasteiger partial charge in [-0.2, -0.15) is 13.2 Å². The van der Waals surface area contributed by atoms with Crippen molar-refractivity contribution in [2.24, 2.45) is 0 Å². The molecule has 1 amide bonds. The largest absolute Gasteiger partial charge is 0.452 e. The molecule has 0 fully saturated rings. The van der Waals surface area contributed by atoms with Crippen LogP contribution in [0, 0.1) is 13.8 Å². The molecule has 0 bridgehead atoms. The first-order valence-corrected chi connectivity index (χ1v) is 8.53. The predicted octanol–water partition coefficient (Wildman–Crippen LogP) is 5.17. The number of anilines is 1. The first-order chi connectivity index (χ1) is 13.1. The zero-order chi connectivity index (χ0) is 20.9. The Bertz CT molecular complexity index is 923. The summed E-state index contributed by atoms with van der Waals surface area (Å²) in [6.45, 7) is 3.23. The molecule has 0 aromatic heterocycles. The van der Waals surface area contributed by atoms with Crippen molar-refractivity contribution >= 4 is 35.2 Å². The third-order valence-electron chi connectivity index (χ3n) is 3.71. The molecule has 0 aliphatic rings. The van der Waals surface area contributed by atoms with Crippen molar-refractivity contribution in [3.8, 4) is 0 Å². The second-order valence-electron chi connectivity index (χ2n) is 6.04. The number of carbonyl (C=O) groups is 2. The minimum absolute atomic E-state index is 0.119. The van der Waals surface area contributed by atoms with Crippen LogP contribution < -0.4 is 5.32 Å². The molecule has 148 valence electrons. The van der Waals surface area contributed by atoms with E-state index < -0.39 is 35.2 Å². The Balaban J connectivity index is 1.92. The lowest BCUT2D eigenvalue weighted by atomic mass is 10.1. The Hall–Kier alpha value is -2.80. The van der Waals surface area contributed by atoms with Crippen LogP contribution in [-0.2, 0) is 20.5 Å². The topological polar surface area (TPSA) is 55.4 Å². The van der Waals surface area contributed by atoms with Gasteiger partial charge in [0.25, 0.3) is 5.91 Å². The van der Waals surface area contributed by atoms with Gasteiger partial charge in [-0.3, -0.25) is 4.79 Å². The first kappa shape index (κ1) is 21.5. The van der Waals surface area contributed by atoms with Crippen LogP contribution >= 0.6 is 11.6 Å². The molecule has 8 heteroatoms. The van der Waals surface area contributed by atoms with Gasteiger partial charge in [0.1, 0.15) is 0 Å². The Morgan fingerprint density at radius 2 is 1.86 bits per heavy atom. The Kier molecular flexibility index (Phi) is 6.85. The lowest BCUT2D eigenvalue weighted by Gasteiger charge is -2.09. The van der Waals surface area contributed by atoms with E-state index in [4.69, 9.17) is 16.3 Å². The molecule has 0 heterocycles. The van der Waals surface area contributed by atoms with Crippen LogP contribution in [-0.4, -0.2) is 18.5 Å². The number of nitrogens with one attached hydrogen (secondary N) is 1. The fraction of sp³-hybridized carbons (Fsp3) is 0.200. The van der Waals surface area contributed by atoms with Crippen LogP contribution in [0.2, 0.25) is 5.02 Å². The van der Waals surface area contributed by atoms with Crippen LogP contribution in [0.3, 0.4) is 0 Å². The summed E-state index contributed by atoms with van der Waals surface area (Å²) in [6, 6.07) is 8.70. The van der Waals surface area contributed by atoms with Gasteiger partial charge in [-0.05, 0) is 49.2 Å². The molecule has 0 atom stereocenters. The van der Waals surface area contributed by atoms with Gasteiger partial charge in [0.2, 0.25) is 0 Å². The van der Waals surface area contributed by atoms with Crippen molar-refractivity contribution < 1.29 is 27.5 Å². The maximum Gasteiger partial charge on any atom is 0.417 e. The lowest BCUT2D eigenvalue weighted by molar-refractivity contribution is -0.142. The van der Waals surface area contributed by atoms with E-state index in [9.17, 15) is 22.8 Å². The average Bonchev–Trinajstić information content (AvgIpc) is 2.60. The van der Waals surface area contributed by atoms with Crippen molar-refractivity contribution in [2.75, 3.05) is 11.9 Å². The molecule has 0 saturated heterocycles. The van der Waals surface area contributed by atoms with Crippen molar-refractivity contribution in [3.63, 3.8) is 0 Å². The number of amides is 1. The SMILES string of the molecule is Cc1ccc(NC(=O)COC(=O)/C=C/c2ccc(Cl)c(C(F)(F)F)c2)c(C)c1. The molecule has 0 aliphatic heterocycles. The van der Waals surface area contributed by atoms with E-state index >= 15 is 0 Å². The minimum atomic E-state index is -4.60. The van der Waals surface area contributed by atoms with Crippen LogP contribution in [0.1, 0.15) is 22.3 Å². The molecule has 2 rings (SSSR count). The van der Waals surface area contributed by atoms with Crippen LogP contribution in [0.5, 0.6) is 0 Å². The van der Waals surface area contributed by atoms with Gasteiger partial charge in [-0.1, -0.05) is 35.4 Å². The molecule has 28 heavy (non-hydrogen) atoms. The summed E-state index contributed by atoms with van der Waals surface area (Å²) in [5.74, 6) is -1.39. The van der Waals surface area contributed by atoms with Gasteiger partial charge in [0.05, 0.1) is 10.6 Å². The molecule has 0 aliphatic carbocycles. The third kappa shape index (κ3) is 6.13. The number of hydrogen-bond donors (Lipinski definition) is 1. The van der Waals surface area contributed by atoms with Gasteiger partial charge >= 0.3 is 12.1 Å². The Morgan fingerprint density at radius 1 is 1.14 bits per heavy atom. The highest BCUT2D eigenvalue weighted by Crippen LogP contribution is 2.35. The number of carbonyl (C=O) groups excluding carboxylic acids is 2. The summed E-state index contributed by atoms with van der Waals surface area (Å²) in [6.07, 6.45) is -2.52. The van der Waals surface area contributed by atoms with E-state index in [1.165, 1.54) is 6.07 Å². The van der Waals surface area contributed by atoms with Gasteiger partial charge < -0.3 is 10.1 Å². The zero-order valence-electron chi connectivity index (χ0n) is 15.1. The maximum atomic E-state index is 12.8. The highest BCUT2D eigenvalue weighted by atomic mass is 35.5. The van der Waals surface area contributed by atoms with E-state index in [-0.39, 0.29) is 5.56 Å². The van der Waals surface area contributed by atoms with E-state index in [1.807, 2.05) is 26.0 Å². The quantitative estimate of drug-likeness (QED) is 0.545. The van der Waals surface area contributed by atoms with Crippen LogP contribution in [0.15, 0.2) is 42.5 Å². The molecule has 4 nitrogen and oxygen atoms in total. The predicted molar refractivity (Wildman–Crippen MR) is 101 cm³/mol. The fourth-order valence-corrected chi connectivity index (χ4v) is 2.58. The second-order valence-corrected chi connectivity index (χ2v) is 6.45. The highest BCUT2D eigenvalue weighted by Gasteiger charge is 2.33. The summed E-state index contributed by atoms with van der Waals surface area (Å²) in [7, 11) is 0. The van der Waals surface area contributed by atoms with Crippen molar-refractivity contribution in [3.05, 3.63) is 69.8 Å². The van der Waals surface area contributed by atoms with Gasteiger partial charge in [-0.25, -0.2) is 4.79 Å². The molecule has 2 aromatic rings. The summed E-state index contributed by atoms with van der Waals surface area (Å²) >= 11 is 5.53. The zero-order valence-corrected chi connectivity index (χ0v) is 15.8. The summed E-state index contributed by atoms with van der Waals surface area (Å²) in [4.78, 5) is 23.6. The minimum Gasteiger partial charge on any atom is -0.452 e. The maximum absolute atomic E-state index is 12.8. The van der Waals surface area contributed by atoms with E-state index in [1.54, 1.807) is 6.07 Å². The van der Waals surface area contributed by atoms with Gasteiger partial charge in [0.15, 0.2) is 6.61 Å². The van der Waals surface area contributed by atoms with Crippen molar-refractivity contribution in [2.45, 2.75) is 20.0 Å². The summed E-state index contributed by atoms with van der Waals surface area (Å²) in [5, 5.41) is 2.18. The molecule has 0 unspecified atom stereocenters. The molecule has 0 radical (unpaired) electrons. The van der Waals surface area contributed by atoms with Crippen molar-refractivity contribution in [1.29, 1.82) is 0 Å². The standard InChI is InChI=1S/C20H17ClF3NO3/c1-12-3-7-17(13(2)9-12)25-18(26)11-28-19(27)8-5-14-4-6-16(21)15(10-14)20(22,23)24/h3-10H,11H2,1-2H3,(H,25,26)/b8-5+. The molecular weight excluding hydrogens is 395 g/mol. The number of esters is 1. The number of aryl methyl sites for hydroxylation is 2. The number of alkyl halides is 3. The fourth-order valence-electron chi connectivity index (χ4n) is 2.35. The summed E-state index contributed by atoms with van der Waals surface area (Å²) < 4.78 is 43.3. The molecule has 1 N–H and O–H groups in total. The van der Waals surface area contributed by atoms with E-state index in [2.05, 4.69) is 5.32 Å². The lowest BCUT2D eigenvalue weighted by Crippen LogP contribution is -2.20. The number of halogens is 4. The first-order valence-electron chi connectivity index (χ1n) is 8.15. The van der Waals surface area contributed by atoms with E-state index in [0.717, 1.165) is 35.4 Å². The van der Waals surface area contributed by atoms with Gasteiger partial charge in [0, 0.05) is 11.8 Å². The Morgan fingerprint density at radius 3 is 2.50 bits per heavy atom. The number of benzene rings is 2. The second kappa shape index (κ2) is 8.93. The van der Waals surface area contributed by atoms with E-state index in [0.29, 0.717) is 5.69 Å². The monoisotopic (exact) mass is 411 g/mol. The normalized spacial score (nSPS) is 11.5. The van der Waals surface area contributed by atoms with Crippen LogP contribution in [0.4, 0.5) is 18.9 Å². The molecular formula is C20H17ClF3NO3. The van der Waals surface area contributed by atoms with Gasteiger partial charge in [-0.15, -0.1) is 0 Å².